The van der Waals surface area contributed by atoms with Gasteiger partial charge in [0.1, 0.15) is 5.70 Å². The SMILES string of the molecule is CCCCO/C(C(=O)Nc1cccc(Cl)c1)=C(/C=N)N1CCN(S(=O)(=O)Cc2ccncc2)C1. The molecular formula is C23H28ClN5O4S. The van der Waals surface area contributed by atoms with Gasteiger partial charge >= 0.3 is 0 Å². The minimum Gasteiger partial charge on any atom is -0.486 e. The summed E-state index contributed by atoms with van der Waals surface area (Å²) in [6.07, 6.45) is 5.72. The number of unbranched alkanes of at least 4 members (excludes halogenated alkanes) is 1. The first kappa shape index (κ1) is 25.7. The molecule has 0 bridgehead atoms. The first-order valence-electron chi connectivity index (χ1n) is 10.9. The molecule has 1 aromatic heterocycles. The molecule has 9 nitrogen and oxygen atoms in total. The summed E-state index contributed by atoms with van der Waals surface area (Å²) in [6.45, 7) is 2.88. The maximum Gasteiger partial charge on any atom is 0.293 e. The Morgan fingerprint density at radius 2 is 2.03 bits per heavy atom. The summed E-state index contributed by atoms with van der Waals surface area (Å²) in [5.41, 5.74) is 1.35. The van der Waals surface area contributed by atoms with Gasteiger partial charge in [-0.1, -0.05) is 31.0 Å². The predicted molar refractivity (Wildman–Crippen MR) is 132 cm³/mol. The Hall–Kier alpha value is -2.95. The number of hydrogen-bond acceptors (Lipinski definition) is 7. The van der Waals surface area contributed by atoms with Crippen LogP contribution in [0.4, 0.5) is 5.69 Å². The van der Waals surface area contributed by atoms with Crippen molar-refractivity contribution in [3.8, 4) is 0 Å². The first-order valence-corrected chi connectivity index (χ1v) is 12.9. The van der Waals surface area contributed by atoms with Crippen molar-refractivity contribution in [1.82, 2.24) is 14.2 Å². The van der Waals surface area contributed by atoms with Crippen LogP contribution in [0.1, 0.15) is 25.3 Å². The fourth-order valence-electron chi connectivity index (χ4n) is 3.40. The number of nitrogens with zero attached hydrogens (tertiary/aromatic N) is 3. The summed E-state index contributed by atoms with van der Waals surface area (Å²) in [5, 5.41) is 11.2. The summed E-state index contributed by atoms with van der Waals surface area (Å²) < 4.78 is 33.0. The van der Waals surface area contributed by atoms with Crippen LogP contribution in [0.3, 0.4) is 0 Å². The standard InChI is InChI=1S/C23H28ClN5O4S/c1-2-3-13-33-22(23(30)27-20-6-4-5-19(24)14-20)21(15-25)28-11-12-29(17-28)34(31,32)16-18-7-9-26-10-8-18/h4-10,14-15,25H,2-3,11-13,16-17H2,1H3,(H,27,30)/b22-21-,25-15?. The minimum absolute atomic E-state index is 0.0171. The van der Waals surface area contributed by atoms with E-state index in [1.54, 1.807) is 53.7 Å². The number of aromatic nitrogens is 1. The number of anilines is 1. The molecular weight excluding hydrogens is 478 g/mol. The minimum atomic E-state index is -3.60. The summed E-state index contributed by atoms with van der Waals surface area (Å²) in [7, 11) is -3.60. The van der Waals surface area contributed by atoms with Crippen molar-refractivity contribution >= 4 is 39.4 Å². The topological polar surface area (TPSA) is 116 Å². The molecule has 1 amide bonds. The number of hydrogen-bond donors (Lipinski definition) is 2. The van der Waals surface area contributed by atoms with E-state index in [2.05, 4.69) is 10.3 Å². The van der Waals surface area contributed by atoms with Crippen LogP contribution in [-0.2, 0) is 25.3 Å². The third-order valence-corrected chi connectivity index (χ3v) is 7.20. The Bertz CT molecular complexity index is 1140. The highest BCUT2D eigenvalue weighted by Gasteiger charge is 2.33. The third-order valence-electron chi connectivity index (χ3n) is 5.18. The smallest absolute Gasteiger partial charge is 0.293 e. The van der Waals surface area contributed by atoms with E-state index in [1.165, 1.54) is 4.31 Å². The van der Waals surface area contributed by atoms with Crippen LogP contribution in [0.2, 0.25) is 5.02 Å². The number of nitrogens with one attached hydrogen (secondary N) is 2. The van der Waals surface area contributed by atoms with Gasteiger partial charge in [-0.15, -0.1) is 0 Å². The Morgan fingerprint density at radius 1 is 1.26 bits per heavy atom. The van der Waals surface area contributed by atoms with Crippen LogP contribution in [0.5, 0.6) is 0 Å². The maximum absolute atomic E-state index is 13.1. The van der Waals surface area contributed by atoms with Crippen LogP contribution in [0.15, 0.2) is 60.2 Å². The molecule has 1 aliphatic rings. The summed E-state index contributed by atoms with van der Waals surface area (Å²) in [4.78, 5) is 18.7. The van der Waals surface area contributed by atoms with E-state index in [9.17, 15) is 13.2 Å². The second kappa shape index (κ2) is 12.0. The van der Waals surface area contributed by atoms with Crippen molar-refractivity contribution in [2.45, 2.75) is 25.5 Å². The predicted octanol–water partition coefficient (Wildman–Crippen LogP) is 3.46. The van der Waals surface area contributed by atoms with Crippen molar-refractivity contribution in [2.75, 3.05) is 31.7 Å². The number of pyridine rings is 1. The number of carbonyl (C=O) groups is 1. The molecule has 0 radical (unpaired) electrons. The molecule has 0 saturated carbocycles. The van der Waals surface area contributed by atoms with Crippen LogP contribution in [-0.4, -0.2) is 61.1 Å². The van der Waals surface area contributed by atoms with Crippen LogP contribution < -0.4 is 5.32 Å². The quantitative estimate of drug-likeness (QED) is 0.209. The Labute approximate surface area is 204 Å². The van der Waals surface area contributed by atoms with Gasteiger partial charge in [-0.25, -0.2) is 8.42 Å². The van der Waals surface area contributed by atoms with Crippen molar-refractivity contribution in [3.63, 3.8) is 0 Å². The molecule has 182 valence electrons. The molecule has 1 saturated heterocycles. The molecule has 0 spiro atoms. The lowest BCUT2D eigenvalue weighted by Crippen LogP contribution is -2.33. The van der Waals surface area contributed by atoms with Gasteiger partial charge in [0.05, 0.1) is 19.0 Å². The van der Waals surface area contributed by atoms with E-state index in [-0.39, 0.29) is 30.4 Å². The molecule has 0 atom stereocenters. The molecule has 2 aromatic rings. The number of ether oxygens (including phenoxy) is 1. The number of amides is 1. The summed E-state index contributed by atoms with van der Waals surface area (Å²) in [6, 6.07) is 10.0. The van der Waals surface area contributed by atoms with Crippen molar-refractivity contribution < 1.29 is 17.9 Å². The number of halogens is 1. The number of benzene rings is 1. The molecule has 1 aliphatic heterocycles. The zero-order valence-corrected chi connectivity index (χ0v) is 20.5. The van der Waals surface area contributed by atoms with Gasteiger partial charge in [0.15, 0.2) is 0 Å². The lowest BCUT2D eigenvalue weighted by Gasteiger charge is -2.23. The van der Waals surface area contributed by atoms with Crippen molar-refractivity contribution in [1.29, 1.82) is 5.41 Å². The molecule has 1 fully saturated rings. The molecule has 0 aliphatic carbocycles. The van der Waals surface area contributed by atoms with Crippen molar-refractivity contribution in [2.24, 2.45) is 0 Å². The normalized spacial score (nSPS) is 15.1. The molecule has 0 unspecified atom stereocenters. The largest absolute Gasteiger partial charge is 0.486 e. The van der Waals surface area contributed by atoms with Gasteiger partial charge < -0.3 is 20.4 Å². The lowest BCUT2D eigenvalue weighted by atomic mass is 10.2. The van der Waals surface area contributed by atoms with E-state index < -0.39 is 15.9 Å². The summed E-state index contributed by atoms with van der Waals surface area (Å²) in [5.74, 6) is -0.714. The Morgan fingerprint density at radius 3 is 2.71 bits per heavy atom. The van der Waals surface area contributed by atoms with E-state index in [0.717, 1.165) is 19.1 Å². The molecule has 3 rings (SSSR count). The Balaban J connectivity index is 1.81. The third kappa shape index (κ3) is 6.78. The number of carbonyl (C=O) groups excluding carboxylic acids is 1. The second-order valence-corrected chi connectivity index (χ2v) is 10.1. The second-order valence-electron chi connectivity index (χ2n) is 7.72. The van der Waals surface area contributed by atoms with E-state index in [4.69, 9.17) is 21.7 Å². The number of sulfonamides is 1. The molecule has 1 aromatic carbocycles. The number of rotatable bonds is 11. The lowest BCUT2D eigenvalue weighted by molar-refractivity contribution is -0.116. The van der Waals surface area contributed by atoms with Crippen LogP contribution in [0.25, 0.3) is 0 Å². The van der Waals surface area contributed by atoms with Gasteiger partial charge in [-0.05, 0) is 42.3 Å². The van der Waals surface area contributed by atoms with Crippen molar-refractivity contribution in [3.05, 3.63) is 70.8 Å². The highest BCUT2D eigenvalue weighted by molar-refractivity contribution is 7.88. The zero-order valence-electron chi connectivity index (χ0n) is 18.9. The van der Waals surface area contributed by atoms with Gasteiger partial charge in [0.25, 0.3) is 5.91 Å². The highest BCUT2D eigenvalue weighted by atomic mass is 35.5. The summed E-state index contributed by atoms with van der Waals surface area (Å²) >= 11 is 6.02. The molecule has 2 N–H and O–H groups in total. The number of allylic oxidation sites excluding steroid dienone is 1. The average Bonchev–Trinajstić information content (AvgIpc) is 3.30. The fraction of sp³-hybridized carbons (Fsp3) is 0.348. The van der Waals surface area contributed by atoms with E-state index >= 15 is 0 Å². The maximum atomic E-state index is 13.1. The fourth-order valence-corrected chi connectivity index (χ4v) is 5.06. The van der Waals surface area contributed by atoms with E-state index in [0.29, 0.717) is 29.4 Å². The molecule has 34 heavy (non-hydrogen) atoms. The van der Waals surface area contributed by atoms with Crippen LogP contribution in [0, 0.1) is 5.41 Å². The van der Waals surface area contributed by atoms with Gasteiger partial charge in [0, 0.05) is 42.4 Å². The molecule has 2 heterocycles. The average molecular weight is 506 g/mol. The highest BCUT2D eigenvalue weighted by Crippen LogP contribution is 2.22. The Kier molecular flexibility index (Phi) is 9.03. The van der Waals surface area contributed by atoms with Gasteiger partial charge in [-0.3, -0.25) is 9.78 Å². The first-order chi connectivity index (χ1) is 16.3. The zero-order chi connectivity index (χ0) is 24.6. The molecule has 11 heteroatoms. The van der Waals surface area contributed by atoms with E-state index in [1.807, 2.05) is 6.92 Å². The van der Waals surface area contributed by atoms with Crippen LogP contribution >= 0.6 is 11.6 Å². The van der Waals surface area contributed by atoms with Gasteiger partial charge in [0.2, 0.25) is 15.8 Å². The van der Waals surface area contributed by atoms with Gasteiger partial charge in [-0.2, -0.15) is 4.31 Å². The monoisotopic (exact) mass is 505 g/mol.